The summed E-state index contributed by atoms with van der Waals surface area (Å²) in [5, 5.41) is 0. The zero-order valence-corrected chi connectivity index (χ0v) is 13.2. The molecule has 0 spiro atoms. The molecule has 106 valence electrons. The molecule has 19 heavy (non-hydrogen) atoms. The van der Waals surface area contributed by atoms with Gasteiger partial charge in [0.05, 0.1) is 10.2 Å². The zero-order valence-electron chi connectivity index (χ0n) is 11.6. The highest BCUT2D eigenvalue weighted by molar-refractivity contribution is 9.10. The molecule has 1 aliphatic rings. The summed E-state index contributed by atoms with van der Waals surface area (Å²) < 4.78 is 14.9. The summed E-state index contributed by atoms with van der Waals surface area (Å²) >= 11 is 3.31. The SMILES string of the molecule is CC(C)C1CCN(c2ccc(CN)c(Br)c2F)CC1. The third kappa shape index (κ3) is 3.11. The van der Waals surface area contributed by atoms with Gasteiger partial charge < -0.3 is 10.6 Å². The van der Waals surface area contributed by atoms with Crippen molar-refractivity contribution in [1.82, 2.24) is 0 Å². The number of hydrogen-bond donors (Lipinski definition) is 1. The minimum Gasteiger partial charge on any atom is -0.369 e. The highest BCUT2D eigenvalue weighted by Crippen LogP contribution is 2.33. The number of benzene rings is 1. The largest absolute Gasteiger partial charge is 0.369 e. The lowest BCUT2D eigenvalue weighted by Gasteiger charge is -2.35. The maximum Gasteiger partial charge on any atom is 0.160 e. The number of anilines is 1. The Bertz CT molecular complexity index is 440. The van der Waals surface area contributed by atoms with Crippen molar-refractivity contribution in [2.75, 3.05) is 18.0 Å². The topological polar surface area (TPSA) is 29.3 Å². The fourth-order valence-electron chi connectivity index (χ4n) is 2.79. The van der Waals surface area contributed by atoms with E-state index >= 15 is 0 Å². The molecule has 2 nitrogen and oxygen atoms in total. The summed E-state index contributed by atoms with van der Waals surface area (Å²) in [7, 11) is 0. The van der Waals surface area contributed by atoms with E-state index in [4.69, 9.17) is 5.73 Å². The van der Waals surface area contributed by atoms with Crippen LogP contribution in [0.5, 0.6) is 0 Å². The molecule has 0 aromatic heterocycles. The number of rotatable bonds is 3. The highest BCUT2D eigenvalue weighted by Gasteiger charge is 2.24. The van der Waals surface area contributed by atoms with Crippen LogP contribution in [0.1, 0.15) is 32.3 Å². The van der Waals surface area contributed by atoms with E-state index in [0.29, 0.717) is 16.7 Å². The molecule has 0 amide bonds. The van der Waals surface area contributed by atoms with Crippen molar-refractivity contribution in [3.8, 4) is 0 Å². The van der Waals surface area contributed by atoms with Crippen LogP contribution in [0.3, 0.4) is 0 Å². The van der Waals surface area contributed by atoms with Gasteiger partial charge in [0.15, 0.2) is 5.82 Å². The molecule has 1 aromatic rings. The lowest BCUT2D eigenvalue weighted by Crippen LogP contribution is -2.35. The van der Waals surface area contributed by atoms with E-state index in [1.807, 2.05) is 12.1 Å². The predicted octanol–water partition coefficient (Wildman–Crippen LogP) is 3.92. The summed E-state index contributed by atoms with van der Waals surface area (Å²) in [5.74, 6) is 1.32. The van der Waals surface area contributed by atoms with Gasteiger partial charge in [-0.3, -0.25) is 0 Å². The molecule has 0 atom stereocenters. The molecule has 2 rings (SSSR count). The van der Waals surface area contributed by atoms with E-state index in [1.54, 1.807) is 0 Å². The van der Waals surface area contributed by atoms with Crippen LogP contribution in [-0.4, -0.2) is 13.1 Å². The van der Waals surface area contributed by atoms with Crippen molar-refractivity contribution in [2.45, 2.75) is 33.2 Å². The molecule has 1 heterocycles. The van der Waals surface area contributed by atoms with E-state index in [0.717, 1.165) is 43.3 Å². The molecule has 0 unspecified atom stereocenters. The number of halogens is 2. The predicted molar refractivity (Wildman–Crippen MR) is 81.8 cm³/mol. The Morgan fingerprint density at radius 3 is 2.53 bits per heavy atom. The maximum absolute atomic E-state index is 14.3. The average Bonchev–Trinajstić information content (AvgIpc) is 2.42. The summed E-state index contributed by atoms with van der Waals surface area (Å²) in [5.41, 5.74) is 7.11. The first-order valence-electron chi connectivity index (χ1n) is 6.96. The molecule has 0 radical (unpaired) electrons. The van der Waals surface area contributed by atoms with Crippen molar-refractivity contribution in [1.29, 1.82) is 0 Å². The summed E-state index contributed by atoms with van der Waals surface area (Å²) in [6.45, 7) is 6.77. The van der Waals surface area contributed by atoms with Gasteiger partial charge in [-0.25, -0.2) is 4.39 Å². The van der Waals surface area contributed by atoms with Gasteiger partial charge in [0.1, 0.15) is 0 Å². The molecule has 0 saturated carbocycles. The van der Waals surface area contributed by atoms with Gasteiger partial charge in [-0.15, -0.1) is 0 Å². The van der Waals surface area contributed by atoms with Gasteiger partial charge in [-0.1, -0.05) is 19.9 Å². The van der Waals surface area contributed by atoms with Crippen LogP contribution in [0.2, 0.25) is 0 Å². The third-order valence-corrected chi connectivity index (χ3v) is 5.04. The summed E-state index contributed by atoms with van der Waals surface area (Å²) in [4.78, 5) is 2.15. The molecule has 2 N–H and O–H groups in total. The van der Waals surface area contributed by atoms with Crippen LogP contribution in [0.25, 0.3) is 0 Å². The van der Waals surface area contributed by atoms with Gasteiger partial charge in [0.25, 0.3) is 0 Å². The average molecular weight is 329 g/mol. The minimum atomic E-state index is -0.175. The van der Waals surface area contributed by atoms with Crippen LogP contribution in [0, 0.1) is 17.7 Å². The fraction of sp³-hybridized carbons (Fsp3) is 0.600. The number of nitrogens with zero attached hydrogens (tertiary/aromatic N) is 1. The first-order chi connectivity index (χ1) is 9.04. The molecule has 0 aliphatic carbocycles. The maximum atomic E-state index is 14.3. The zero-order chi connectivity index (χ0) is 14.0. The van der Waals surface area contributed by atoms with Crippen molar-refractivity contribution in [2.24, 2.45) is 17.6 Å². The quantitative estimate of drug-likeness (QED) is 0.911. The van der Waals surface area contributed by atoms with Crippen LogP contribution in [0.4, 0.5) is 10.1 Å². The Morgan fingerprint density at radius 1 is 1.37 bits per heavy atom. The standard InChI is InChI=1S/C15H22BrFN2/c1-10(2)11-5-7-19(8-6-11)13-4-3-12(9-18)14(16)15(13)17/h3-4,10-11H,5-9,18H2,1-2H3. The van der Waals surface area contributed by atoms with Crippen LogP contribution in [0.15, 0.2) is 16.6 Å². The van der Waals surface area contributed by atoms with Gasteiger partial charge in [0.2, 0.25) is 0 Å². The molecule has 1 saturated heterocycles. The molecule has 4 heteroatoms. The van der Waals surface area contributed by atoms with E-state index in [1.165, 1.54) is 0 Å². The van der Waals surface area contributed by atoms with Crippen molar-refractivity contribution in [3.63, 3.8) is 0 Å². The van der Waals surface area contributed by atoms with Crippen molar-refractivity contribution >= 4 is 21.6 Å². The Kier molecular flexibility index (Phi) is 4.85. The van der Waals surface area contributed by atoms with Gasteiger partial charge >= 0.3 is 0 Å². The van der Waals surface area contributed by atoms with Gasteiger partial charge in [0, 0.05) is 19.6 Å². The lowest BCUT2D eigenvalue weighted by molar-refractivity contribution is 0.310. The normalized spacial score (nSPS) is 17.3. The lowest BCUT2D eigenvalue weighted by atomic mass is 9.86. The highest BCUT2D eigenvalue weighted by atomic mass is 79.9. The summed E-state index contributed by atoms with van der Waals surface area (Å²) in [6, 6.07) is 3.77. The molecule has 0 bridgehead atoms. The monoisotopic (exact) mass is 328 g/mol. The van der Waals surface area contributed by atoms with Gasteiger partial charge in [-0.05, 0) is 52.2 Å². The third-order valence-electron chi connectivity index (χ3n) is 4.18. The second-order valence-electron chi connectivity index (χ2n) is 5.64. The van der Waals surface area contributed by atoms with Gasteiger partial charge in [-0.2, -0.15) is 0 Å². The van der Waals surface area contributed by atoms with E-state index in [-0.39, 0.29) is 5.82 Å². The fourth-order valence-corrected chi connectivity index (χ4v) is 3.29. The Morgan fingerprint density at radius 2 is 2.00 bits per heavy atom. The first kappa shape index (κ1) is 14.8. The number of piperidine rings is 1. The second kappa shape index (κ2) is 6.23. The van der Waals surface area contributed by atoms with Crippen LogP contribution < -0.4 is 10.6 Å². The molecule has 1 fully saturated rings. The number of hydrogen-bond acceptors (Lipinski definition) is 2. The van der Waals surface area contributed by atoms with Crippen molar-refractivity contribution in [3.05, 3.63) is 28.0 Å². The van der Waals surface area contributed by atoms with Crippen LogP contribution >= 0.6 is 15.9 Å². The van der Waals surface area contributed by atoms with E-state index in [2.05, 4.69) is 34.7 Å². The molecular formula is C15H22BrFN2. The molecule has 1 aromatic carbocycles. The minimum absolute atomic E-state index is 0.175. The summed E-state index contributed by atoms with van der Waals surface area (Å²) in [6.07, 6.45) is 2.29. The van der Waals surface area contributed by atoms with E-state index in [9.17, 15) is 4.39 Å². The van der Waals surface area contributed by atoms with Crippen molar-refractivity contribution < 1.29 is 4.39 Å². The first-order valence-corrected chi connectivity index (χ1v) is 7.75. The van der Waals surface area contributed by atoms with Crippen LogP contribution in [-0.2, 0) is 6.54 Å². The number of nitrogens with two attached hydrogens (primary N) is 1. The molecular weight excluding hydrogens is 307 g/mol. The smallest absolute Gasteiger partial charge is 0.160 e. The Balaban J connectivity index is 2.14. The Hall–Kier alpha value is -0.610. The Labute approximate surface area is 123 Å². The molecule has 1 aliphatic heterocycles. The van der Waals surface area contributed by atoms with E-state index < -0.39 is 0 Å². The second-order valence-corrected chi connectivity index (χ2v) is 6.44.